The number of thiazole rings is 2. The highest BCUT2D eigenvalue weighted by Gasteiger charge is 2.22. The Labute approximate surface area is 171 Å². The molecule has 0 aliphatic carbocycles. The molecule has 0 bridgehead atoms. The Morgan fingerprint density at radius 1 is 0.815 bits per heavy atom. The molecule has 0 spiro atoms. The maximum Gasteiger partial charge on any atom is 0.186 e. The zero-order chi connectivity index (χ0) is 18.5. The number of aryl methyl sites for hydroxylation is 2. The molecule has 138 valence electrons. The number of nitrogens with zero attached hydrogens (tertiary/aromatic N) is 4. The predicted molar refractivity (Wildman–Crippen MR) is 118 cm³/mol. The van der Waals surface area contributed by atoms with Crippen LogP contribution < -0.4 is 9.80 Å². The van der Waals surface area contributed by atoms with Crippen LogP contribution in [0.2, 0.25) is 5.02 Å². The molecule has 0 saturated carbocycles. The molecule has 4 nitrogen and oxygen atoms in total. The van der Waals surface area contributed by atoms with Crippen molar-refractivity contribution in [1.82, 2.24) is 9.97 Å². The van der Waals surface area contributed by atoms with Gasteiger partial charge in [-0.2, -0.15) is 0 Å². The third kappa shape index (κ3) is 3.06. The van der Waals surface area contributed by atoms with E-state index in [1.165, 1.54) is 15.0 Å². The second-order valence-corrected chi connectivity index (χ2v) is 9.41. The second-order valence-electron chi connectivity index (χ2n) is 6.96. The van der Waals surface area contributed by atoms with Gasteiger partial charge in [-0.25, -0.2) is 9.97 Å². The molecule has 27 heavy (non-hydrogen) atoms. The summed E-state index contributed by atoms with van der Waals surface area (Å²) < 4.78 is 2.44. The zero-order valence-electron chi connectivity index (χ0n) is 15.2. The average Bonchev–Trinajstić information content (AvgIpc) is 3.27. The highest BCUT2D eigenvalue weighted by atomic mass is 35.5. The van der Waals surface area contributed by atoms with E-state index >= 15 is 0 Å². The van der Waals surface area contributed by atoms with Gasteiger partial charge in [0.25, 0.3) is 0 Å². The van der Waals surface area contributed by atoms with Crippen molar-refractivity contribution in [3.05, 3.63) is 46.5 Å². The summed E-state index contributed by atoms with van der Waals surface area (Å²) in [5, 5.41) is 3.01. The highest BCUT2D eigenvalue weighted by molar-refractivity contribution is 7.22. The molecule has 0 unspecified atom stereocenters. The van der Waals surface area contributed by atoms with Gasteiger partial charge in [0, 0.05) is 31.2 Å². The molecule has 0 atom stereocenters. The van der Waals surface area contributed by atoms with Gasteiger partial charge in [0.05, 0.1) is 20.4 Å². The maximum atomic E-state index is 6.20. The molecule has 5 rings (SSSR count). The first-order chi connectivity index (χ1) is 13.1. The summed E-state index contributed by atoms with van der Waals surface area (Å²) in [7, 11) is 0. The van der Waals surface area contributed by atoms with Gasteiger partial charge in [-0.15, -0.1) is 0 Å². The molecular formula is C20H19ClN4S2. The van der Waals surface area contributed by atoms with Gasteiger partial charge in [-0.3, -0.25) is 0 Å². The number of anilines is 2. The van der Waals surface area contributed by atoms with Crippen molar-refractivity contribution in [2.45, 2.75) is 13.8 Å². The Bertz CT molecular complexity index is 1140. The van der Waals surface area contributed by atoms with Crippen LogP contribution in [0.25, 0.3) is 20.4 Å². The number of para-hydroxylation sites is 1. The molecule has 0 N–H and O–H groups in total. The van der Waals surface area contributed by atoms with Gasteiger partial charge in [-0.1, -0.05) is 46.4 Å². The minimum absolute atomic E-state index is 0.783. The molecular weight excluding hydrogens is 396 g/mol. The van der Waals surface area contributed by atoms with Crippen LogP contribution in [0.4, 0.5) is 10.3 Å². The lowest BCUT2D eigenvalue weighted by molar-refractivity contribution is 0.651. The SMILES string of the molecule is Cc1cccc2sc(N3CCN(c4nc5c(C)cc(Cl)cc5s4)CC3)nc12. The quantitative estimate of drug-likeness (QED) is 0.433. The van der Waals surface area contributed by atoms with Crippen molar-refractivity contribution in [2.75, 3.05) is 36.0 Å². The Morgan fingerprint density at radius 2 is 1.41 bits per heavy atom. The first kappa shape index (κ1) is 17.2. The van der Waals surface area contributed by atoms with Gasteiger partial charge < -0.3 is 9.80 Å². The Morgan fingerprint density at radius 3 is 2.04 bits per heavy atom. The third-order valence-electron chi connectivity index (χ3n) is 5.07. The minimum Gasteiger partial charge on any atom is -0.345 e. The molecule has 2 aromatic heterocycles. The lowest BCUT2D eigenvalue weighted by atomic mass is 10.2. The van der Waals surface area contributed by atoms with Gasteiger partial charge in [0.2, 0.25) is 0 Å². The first-order valence-electron chi connectivity index (χ1n) is 9.01. The van der Waals surface area contributed by atoms with E-state index in [0.717, 1.165) is 58.1 Å². The molecule has 0 radical (unpaired) electrons. The van der Waals surface area contributed by atoms with Crippen LogP contribution in [-0.4, -0.2) is 36.1 Å². The normalized spacial score (nSPS) is 15.2. The molecule has 4 aromatic rings. The van der Waals surface area contributed by atoms with Crippen LogP contribution in [0.5, 0.6) is 0 Å². The molecule has 0 amide bonds. The van der Waals surface area contributed by atoms with Crippen molar-refractivity contribution in [3.8, 4) is 0 Å². The fourth-order valence-corrected chi connectivity index (χ4v) is 6.14. The summed E-state index contributed by atoms with van der Waals surface area (Å²) in [6, 6.07) is 10.4. The fraction of sp³-hybridized carbons (Fsp3) is 0.300. The largest absolute Gasteiger partial charge is 0.345 e. The number of aromatic nitrogens is 2. The van der Waals surface area contributed by atoms with E-state index in [1.807, 2.05) is 12.1 Å². The molecule has 1 fully saturated rings. The van der Waals surface area contributed by atoms with Gasteiger partial charge in [0.1, 0.15) is 0 Å². The number of rotatable bonds is 2. The number of hydrogen-bond donors (Lipinski definition) is 0. The second kappa shape index (κ2) is 6.62. The van der Waals surface area contributed by atoms with Crippen LogP contribution in [0.15, 0.2) is 30.3 Å². The number of piperazine rings is 1. The van der Waals surface area contributed by atoms with E-state index in [9.17, 15) is 0 Å². The molecule has 3 heterocycles. The summed E-state index contributed by atoms with van der Waals surface area (Å²) in [6.07, 6.45) is 0. The van der Waals surface area contributed by atoms with Gasteiger partial charge in [0.15, 0.2) is 10.3 Å². The Kier molecular flexibility index (Phi) is 4.22. The van der Waals surface area contributed by atoms with Crippen molar-refractivity contribution >= 4 is 65.0 Å². The third-order valence-corrected chi connectivity index (χ3v) is 7.43. The van der Waals surface area contributed by atoms with Gasteiger partial charge >= 0.3 is 0 Å². The van der Waals surface area contributed by atoms with E-state index < -0.39 is 0 Å². The van der Waals surface area contributed by atoms with Crippen molar-refractivity contribution in [3.63, 3.8) is 0 Å². The van der Waals surface area contributed by atoms with Crippen molar-refractivity contribution in [1.29, 1.82) is 0 Å². The first-order valence-corrected chi connectivity index (χ1v) is 11.0. The molecule has 2 aromatic carbocycles. The molecule has 1 aliphatic heterocycles. The summed E-state index contributed by atoms with van der Waals surface area (Å²) >= 11 is 9.73. The Hall–Kier alpha value is -1.89. The number of halogens is 1. The lowest BCUT2D eigenvalue weighted by Gasteiger charge is -2.34. The summed E-state index contributed by atoms with van der Waals surface area (Å²) in [5.41, 5.74) is 4.60. The molecule has 1 saturated heterocycles. The smallest absolute Gasteiger partial charge is 0.186 e. The van der Waals surface area contributed by atoms with Crippen LogP contribution in [-0.2, 0) is 0 Å². The number of benzene rings is 2. The van der Waals surface area contributed by atoms with E-state index in [0.29, 0.717) is 0 Å². The summed E-state index contributed by atoms with van der Waals surface area (Å²) in [6.45, 7) is 8.06. The monoisotopic (exact) mass is 414 g/mol. The van der Waals surface area contributed by atoms with Crippen LogP contribution in [0.3, 0.4) is 0 Å². The van der Waals surface area contributed by atoms with Crippen molar-refractivity contribution < 1.29 is 0 Å². The van der Waals surface area contributed by atoms with E-state index in [-0.39, 0.29) is 0 Å². The Balaban J connectivity index is 1.36. The fourth-order valence-electron chi connectivity index (χ4n) is 3.58. The van der Waals surface area contributed by atoms with E-state index in [4.69, 9.17) is 21.6 Å². The average molecular weight is 415 g/mol. The summed E-state index contributed by atoms with van der Waals surface area (Å²) in [4.78, 5) is 14.5. The highest BCUT2D eigenvalue weighted by Crippen LogP contribution is 2.35. The lowest BCUT2D eigenvalue weighted by Crippen LogP contribution is -2.46. The molecule has 1 aliphatic rings. The van der Waals surface area contributed by atoms with E-state index in [1.54, 1.807) is 22.7 Å². The standard InChI is InChI=1S/C20H19ClN4S2/c1-12-4-3-5-15-17(12)22-19(26-15)24-6-8-25(9-7-24)20-23-18-13(2)10-14(21)11-16(18)27-20/h3-5,10-11H,6-9H2,1-2H3. The predicted octanol–water partition coefficient (Wildman–Crippen LogP) is 5.50. The summed E-state index contributed by atoms with van der Waals surface area (Å²) in [5.74, 6) is 0. The zero-order valence-corrected chi connectivity index (χ0v) is 17.6. The number of fused-ring (bicyclic) bond motifs is 2. The van der Waals surface area contributed by atoms with Crippen molar-refractivity contribution in [2.24, 2.45) is 0 Å². The minimum atomic E-state index is 0.783. The maximum absolute atomic E-state index is 6.20. The van der Waals surface area contributed by atoms with Gasteiger partial charge in [-0.05, 0) is 43.2 Å². The van der Waals surface area contributed by atoms with Crippen LogP contribution in [0, 0.1) is 13.8 Å². The topological polar surface area (TPSA) is 32.3 Å². The van der Waals surface area contributed by atoms with Crippen LogP contribution in [0.1, 0.15) is 11.1 Å². The van der Waals surface area contributed by atoms with Crippen LogP contribution >= 0.6 is 34.3 Å². The number of hydrogen-bond acceptors (Lipinski definition) is 6. The van der Waals surface area contributed by atoms with E-state index in [2.05, 4.69) is 41.8 Å². The molecule has 7 heteroatoms.